The highest BCUT2D eigenvalue weighted by atomic mass is 32.2. The number of rotatable bonds is 6. The molecule has 0 fully saturated rings. The molecule has 102 valence electrons. The molecule has 0 aliphatic heterocycles. The molecule has 2 atom stereocenters. The molecule has 0 aliphatic carbocycles. The van der Waals surface area contributed by atoms with Gasteiger partial charge in [0.15, 0.2) is 0 Å². The van der Waals surface area contributed by atoms with Gasteiger partial charge in [-0.2, -0.15) is 16.9 Å². The second kappa shape index (κ2) is 6.80. The number of thioether (sulfide) groups is 1. The molecule has 2 unspecified atom stereocenters. The highest BCUT2D eigenvalue weighted by Crippen LogP contribution is 2.11. The molecule has 6 heteroatoms. The molecule has 0 aromatic carbocycles. The van der Waals surface area contributed by atoms with Gasteiger partial charge in [-0.25, -0.2) is 0 Å². The predicted molar refractivity (Wildman–Crippen MR) is 73.9 cm³/mol. The second-order valence-electron chi connectivity index (χ2n) is 4.22. The number of carbonyl (C=O) groups excluding carboxylic acids is 1. The Hall–Kier alpha value is -1.01. The van der Waals surface area contributed by atoms with E-state index in [9.17, 15) is 9.90 Å². The van der Waals surface area contributed by atoms with E-state index < -0.39 is 0 Å². The Morgan fingerprint density at radius 3 is 2.78 bits per heavy atom. The zero-order valence-electron chi connectivity index (χ0n) is 11.3. The number of aliphatic hydroxyl groups excluding tert-OH is 1. The lowest BCUT2D eigenvalue weighted by atomic mass is 10.2. The summed E-state index contributed by atoms with van der Waals surface area (Å²) < 4.78 is 1.59. The molecule has 0 aliphatic rings. The van der Waals surface area contributed by atoms with E-state index in [4.69, 9.17) is 0 Å². The van der Waals surface area contributed by atoms with E-state index in [1.807, 2.05) is 20.1 Å². The minimum absolute atomic E-state index is 0.00724. The molecular formula is C12H21N3O2S. The number of aliphatic hydroxyl groups is 1. The van der Waals surface area contributed by atoms with Crippen LogP contribution in [-0.4, -0.2) is 44.9 Å². The smallest absolute Gasteiger partial charge is 0.269 e. The van der Waals surface area contributed by atoms with Crippen LogP contribution in [0.2, 0.25) is 0 Å². The minimum atomic E-state index is -0.148. The fourth-order valence-corrected chi connectivity index (χ4v) is 2.35. The topological polar surface area (TPSA) is 67.2 Å². The van der Waals surface area contributed by atoms with Crippen molar-refractivity contribution >= 4 is 17.7 Å². The van der Waals surface area contributed by atoms with Gasteiger partial charge in [0.2, 0.25) is 0 Å². The second-order valence-corrected chi connectivity index (χ2v) is 5.29. The largest absolute Gasteiger partial charge is 0.395 e. The Balaban J connectivity index is 2.72. The number of aryl methyl sites for hydroxylation is 2. The van der Waals surface area contributed by atoms with Crippen molar-refractivity contribution in [1.82, 2.24) is 15.1 Å². The van der Waals surface area contributed by atoms with Crippen LogP contribution in [0.1, 0.15) is 30.0 Å². The van der Waals surface area contributed by atoms with Gasteiger partial charge in [-0.15, -0.1) is 0 Å². The van der Waals surface area contributed by atoms with Crippen molar-refractivity contribution in [3.05, 3.63) is 17.5 Å². The lowest BCUT2D eigenvalue weighted by molar-refractivity contribution is 0.0926. The summed E-state index contributed by atoms with van der Waals surface area (Å²) in [7, 11) is 1.76. The molecule has 5 nitrogen and oxygen atoms in total. The standard InChI is InChI=1S/C12H21N3O2S/c1-5-9-6-10(15(3)14-9)12(17)13-8(2)11(7-16)18-4/h6,8,11,16H,5,7H2,1-4H3,(H,13,17). The maximum absolute atomic E-state index is 12.1. The predicted octanol–water partition coefficient (Wildman–Crippen LogP) is 0.825. The van der Waals surface area contributed by atoms with Gasteiger partial charge in [0.25, 0.3) is 5.91 Å². The monoisotopic (exact) mass is 271 g/mol. The maximum Gasteiger partial charge on any atom is 0.269 e. The Morgan fingerprint density at radius 1 is 1.67 bits per heavy atom. The van der Waals surface area contributed by atoms with Crippen molar-refractivity contribution in [2.24, 2.45) is 7.05 Å². The van der Waals surface area contributed by atoms with E-state index in [2.05, 4.69) is 10.4 Å². The lowest BCUT2D eigenvalue weighted by Gasteiger charge is -2.21. The van der Waals surface area contributed by atoms with Crippen LogP contribution in [0.15, 0.2) is 6.07 Å². The number of amides is 1. The van der Waals surface area contributed by atoms with Gasteiger partial charge in [0.05, 0.1) is 12.3 Å². The summed E-state index contributed by atoms with van der Waals surface area (Å²) in [6.45, 7) is 3.95. The minimum Gasteiger partial charge on any atom is -0.395 e. The summed E-state index contributed by atoms with van der Waals surface area (Å²) in [5.74, 6) is -0.148. The van der Waals surface area contributed by atoms with Crippen LogP contribution in [0, 0.1) is 0 Å². The van der Waals surface area contributed by atoms with Crippen LogP contribution in [-0.2, 0) is 13.5 Å². The van der Waals surface area contributed by atoms with Crippen molar-refractivity contribution < 1.29 is 9.90 Å². The highest BCUT2D eigenvalue weighted by molar-refractivity contribution is 7.99. The van der Waals surface area contributed by atoms with Crippen LogP contribution in [0.5, 0.6) is 0 Å². The number of nitrogens with zero attached hydrogens (tertiary/aromatic N) is 2. The van der Waals surface area contributed by atoms with E-state index in [1.165, 1.54) is 0 Å². The summed E-state index contributed by atoms with van der Waals surface area (Å²) in [4.78, 5) is 12.1. The zero-order valence-corrected chi connectivity index (χ0v) is 12.1. The van der Waals surface area contributed by atoms with Crippen LogP contribution < -0.4 is 5.32 Å². The molecule has 0 radical (unpaired) electrons. The molecule has 1 aromatic rings. The zero-order chi connectivity index (χ0) is 13.7. The number of hydrogen-bond acceptors (Lipinski definition) is 4. The fourth-order valence-electron chi connectivity index (χ4n) is 1.72. The van der Waals surface area contributed by atoms with Crippen molar-refractivity contribution in [2.45, 2.75) is 31.6 Å². The third-order valence-electron chi connectivity index (χ3n) is 2.92. The maximum atomic E-state index is 12.1. The molecule has 0 saturated carbocycles. The van der Waals surface area contributed by atoms with Gasteiger partial charge in [0, 0.05) is 18.3 Å². The first-order chi connectivity index (χ1) is 8.53. The van der Waals surface area contributed by atoms with Crippen molar-refractivity contribution in [3.8, 4) is 0 Å². The van der Waals surface area contributed by atoms with E-state index in [1.54, 1.807) is 29.6 Å². The molecule has 0 spiro atoms. The summed E-state index contributed by atoms with van der Waals surface area (Å²) in [6, 6.07) is 1.72. The van der Waals surface area contributed by atoms with E-state index in [0.717, 1.165) is 12.1 Å². The molecule has 18 heavy (non-hydrogen) atoms. The fraction of sp³-hybridized carbons (Fsp3) is 0.667. The summed E-state index contributed by atoms with van der Waals surface area (Å²) >= 11 is 1.54. The normalized spacial score (nSPS) is 14.3. The summed E-state index contributed by atoms with van der Waals surface area (Å²) in [5.41, 5.74) is 1.45. The number of hydrogen-bond donors (Lipinski definition) is 2. The van der Waals surface area contributed by atoms with Gasteiger partial charge in [-0.3, -0.25) is 9.48 Å². The molecule has 1 rings (SSSR count). The molecule has 1 aromatic heterocycles. The van der Waals surface area contributed by atoms with Crippen LogP contribution >= 0.6 is 11.8 Å². The summed E-state index contributed by atoms with van der Waals surface area (Å²) in [5, 5.41) is 16.3. The van der Waals surface area contributed by atoms with Gasteiger partial charge in [-0.05, 0) is 25.7 Å². The van der Waals surface area contributed by atoms with Crippen LogP contribution in [0.25, 0.3) is 0 Å². The molecule has 0 saturated heterocycles. The van der Waals surface area contributed by atoms with Crippen LogP contribution in [0.3, 0.4) is 0 Å². The average Bonchev–Trinajstić information content (AvgIpc) is 2.72. The Kier molecular flexibility index (Phi) is 5.68. The quantitative estimate of drug-likeness (QED) is 0.804. The summed E-state index contributed by atoms with van der Waals surface area (Å²) in [6.07, 6.45) is 2.73. The number of aromatic nitrogens is 2. The van der Waals surface area contributed by atoms with Gasteiger partial charge in [-0.1, -0.05) is 6.92 Å². The Labute approximate surface area is 112 Å². The van der Waals surface area contributed by atoms with Crippen LogP contribution in [0.4, 0.5) is 0 Å². The highest BCUT2D eigenvalue weighted by Gasteiger charge is 2.20. The van der Waals surface area contributed by atoms with Gasteiger partial charge < -0.3 is 10.4 Å². The SMILES string of the molecule is CCc1cc(C(=O)NC(C)C(CO)SC)n(C)n1. The third-order valence-corrected chi connectivity index (χ3v) is 4.09. The number of nitrogens with one attached hydrogen (secondary N) is 1. The first-order valence-electron chi connectivity index (χ1n) is 6.00. The molecular weight excluding hydrogens is 250 g/mol. The number of carbonyl (C=O) groups is 1. The molecule has 0 bridgehead atoms. The molecule has 2 N–H and O–H groups in total. The van der Waals surface area contributed by atoms with Crippen molar-refractivity contribution in [1.29, 1.82) is 0 Å². The van der Waals surface area contributed by atoms with Gasteiger partial charge >= 0.3 is 0 Å². The molecule has 1 amide bonds. The van der Waals surface area contributed by atoms with E-state index >= 15 is 0 Å². The Morgan fingerprint density at radius 2 is 2.33 bits per heavy atom. The van der Waals surface area contributed by atoms with E-state index in [0.29, 0.717) is 5.69 Å². The Bertz CT molecular complexity index is 402. The third kappa shape index (κ3) is 3.49. The van der Waals surface area contributed by atoms with E-state index in [-0.39, 0.29) is 23.8 Å². The van der Waals surface area contributed by atoms with Crippen molar-refractivity contribution in [3.63, 3.8) is 0 Å². The molecule has 1 heterocycles. The van der Waals surface area contributed by atoms with Gasteiger partial charge in [0.1, 0.15) is 5.69 Å². The van der Waals surface area contributed by atoms with Crippen molar-refractivity contribution in [2.75, 3.05) is 12.9 Å². The first-order valence-corrected chi connectivity index (χ1v) is 7.29. The first kappa shape index (κ1) is 15.0. The lowest BCUT2D eigenvalue weighted by Crippen LogP contribution is -2.41. The average molecular weight is 271 g/mol.